The number of ether oxygens (including phenoxy) is 3. The molecule has 10 atom stereocenters. The van der Waals surface area contributed by atoms with Gasteiger partial charge in [0.1, 0.15) is 24.9 Å². The Bertz CT molecular complexity index is 2120. The highest BCUT2D eigenvalue weighted by Crippen LogP contribution is 2.43. The van der Waals surface area contributed by atoms with Gasteiger partial charge in [0.15, 0.2) is 24.6 Å². The highest BCUT2D eigenvalue weighted by molar-refractivity contribution is 7.82. The van der Waals surface area contributed by atoms with Crippen LogP contribution < -0.4 is 0 Å². The van der Waals surface area contributed by atoms with Gasteiger partial charge in [0.25, 0.3) is 0 Å². The summed E-state index contributed by atoms with van der Waals surface area (Å²) in [6.45, 7) is -4.30. The average molecular weight is 953 g/mol. The summed E-state index contributed by atoms with van der Waals surface area (Å²) in [5.74, 6) is -4.12. The Balaban J connectivity index is 3.05. The van der Waals surface area contributed by atoms with E-state index in [0.717, 1.165) is 0 Å². The Labute approximate surface area is 298 Å². The Morgan fingerprint density at radius 1 is 0.528 bits per heavy atom. The van der Waals surface area contributed by atoms with Gasteiger partial charge in [-0.2, -0.15) is 63.1 Å². The zero-order chi connectivity index (χ0) is 41.4. The fourth-order valence-corrected chi connectivity index (χ4v) is 7.38. The number of hydrogen-bond donors (Lipinski definition) is 8. The van der Waals surface area contributed by atoms with Crippen molar-refractivity contribution in [2.75, 3.05) is 13.2 Å². The van der Waals surface area contributed by atoms with Gasteiger partial charge in [-0.15, -0.1) is 0 Å². The van der Waals surface area contributed by atoms with Gasteiger partial charge in [0.2, 0.25) is 12.1 Å². The quantitative estimate of drug-likeness (QED) is 0.0415. The van der Waals surface area contributed by atoms with Crippen LogP contribution >= 0.6 is 0 Å². The lowest BCUT2D eigenvalue weighted by atomic mass is 9.99. The average Bonchev–Trinajstić information content (AvgIpc) is 3.11. The highest BCUT2D eigenvalue weighted by atomic mass is 32.3. The minimum atomic E-state index is -6.22. The largest absolute Gasteiger partial charge is 0.399 e. The van der Waals surface area contributed by atoms with Crippen molar-refractivity contribution in [3.05, 3.63) is 0 Å². The van der Waals surface area contributed by atoms with E-state index in [0.29, 0.717) is 0 Å². The summed E-state index contributed by atoms with van der Waals surface area (Å²) in [5.41, 5.74) is 0. The van der Waals surface area contributed by atoms with Crippen LogP contribution in [0.1, 0.15) is 0 Å². The summed E-state index contributed by atoms with van der Waals surface area (Å²) < 4.78 is 295. The minimum Gasteiger partial charge on any atom is -0.341 e. The van der Waals surface area contributed by atoms with Crippen LogP contribution in [0.25, 0.3) is 0 Å². The van der Waals surface area contributed by atoms with E-state index in [9.17, 15) is 85.9 Å². The molecule has 0 radical (unpaired) electrons. The predicted molar refractivity (Wildman–Crippen MR) is 146 cm³/mol. The maximum atomic E-state index is 11.8. The molecule has 42 heteroatoms. The first-order valence-electron chi connectivity index (χ1n) is 11.7. The first-order chi connectivity index (χ1) is 23.4. The van der Waals surface area contributed by atoms with Crippen LogP contribution in [-0.4, -0.2) is 168 Å². The first kappa shape index (κ1) is 48.2. The molecule has 0 spiro atoms. The van der Waals surface area contributed by atoms with Gasteiger partial charge in [-0.3, -0.25) is 40.6 Å². The lowest BCUT2D eigenvalue weighted by molar-refractivity contribution is -0.379. The summed E-state index contributed by atoms with van der Waals surface area (Å²) >= 11 is -3.82. The molecule has 2 rings (SSSR count). The molecule has 53 heavy (non-hydrogen) atoms. The second kappa shape index (κ2) is 16.9. The third-order valence-electron chi connectivity index (χ3n) is 5.35. The summed E-state index contributed by atoms with van der Waals surface area (Å²) in [5, 5.41) is 0. The molecular weight excluding hydrogens is 933 g/mol. The van der Waals surface area contributed by atoms with Crippen molar-refractivity contribution in [1.29, 1.82) is 0 Å². The molecule has 0 amide bonds. The Kier molecular flexibility index (Phi) is 15.3. The molecule has 0 aliphatic carbocycles. The smallest absolute Gasteiger partial charge is 0.341 e. The van der Waals surface area contributed by atoms with Crippen LogP contribution in [0.3, 0.4) is 0 Å². The lowest BCUT2D eigenvalue weighted by Crippen LogP contribution is -2.65. The molecule has 0 saturated carbocycles. The van der Waals surface area contributed by atoms with Crippen LogP contribution in [-0.2, 0) is 132 Å². The van der Waals surface area contributed by atoms with Crippen LogP contribution in [0, 0.1) is 0 Å². The van der Waals surface area contributed by atoms with Crippen molar-refractivity contribution in [3.8, 4) is 0 Å². The maximum absolute atomic E-state index is 11.8. The summed E-state index contributed by atoms with van der Waals surface area (Å²) in [4.78, 5) is 0. The van der Waals surface area contributed by atoms with E-state index in [2.05, 4.69) is 33.5 Å². The second-order valence-corrected chi connectivity index (χ2v) is 17.1. The normalized spacial score (nSPS) is 31.7. The van der Waals surface area contributed by atoms with Gasteiger partial charge in [-0.05, 0) is 0 Å². The summed E-state index contributed by atoms with van der Waals surface area (Å²) in [6.07, 6.45) is -26.2. The summed E-state index contributed by atoms with van der Waals surface area (Å²) in [7, 11) is -42.3. The number of rotatable bonds is 20. The molecule has 34 nitrogen and oxygen atoms in total. The molecule has 2 saturated heterocycles. The molecule has 8 N–H and O–H groups in total. The molecule has 1 unspecified atom stereocenters. The van der Waals surface area contributed by atoms with E-state index in [1.165, 1.54) is 0 Å². The monoisotopic (exact) mass is 952 g/mol. The van der Waals surface area contributed by atoms with Crippen molar-refractivity contribution < 1.29 is 147 Å². The number of hydrogen-bond acceptors (Lipinski definition) is 26. The van der Waals surface area contributed by atoms with Crippen molar-refractivity contribution in [2.45, 2.75) is 55.0 Å². The van der Waals surface area contributed by atoms with Crippen LogP contribution in [0.15, 0.2) is 0 Å². The fourth-order valence-electron chi connectivity index (χ4n) is 3.98. The van der Waals surface area contributed by atoms with Gasteiger partial charge in [0, 0.05) is 0 Å². The molecule has 2 heterocycles. The van der Waals surface area contributed by atoms with E-state index in [4.69, 9.17) is 27.9 Å². The van der Waals surface area contributed by atoms with Crippen molar-refractivity contribution >= 4 is 84.2 Å². The zero-order valence-electron chi connectivity index (χ0n) is 24.0. The second-order valence-electron chi connectivity index (χ2n) is 9.07. The van der Waals surface area contributed by atoms with E-state index in [-0.39, 0.29) is 0 Å². The van der Waals surface area contributed by atoms with Gasteiger partial charge in [0.05, 0.1) is 6.61 Å². The highest BCUT2D eigenvalue weighted by Gasteiger charge is 2.66. The Hall–Kier alpha value is -0.960. The van der Waals surface area contributed by atoms with Crippen LogP contribution in [0.2, 0.25) is 0 Å². The van der Waals surface area contributed by atoms with E-state index >= 15 is 0 Å². The van der Waals surface area contributed by atoms with Crippen molar-refractivity contribution in [2.24, 2.45) is 0 Å². The topological polar surface area (TPSA) is 519 Å². The van der Waals surface area contributed by atoms with E-state index in [1.807, 2.05) is 0 Å². The van der Waals surface area contributed by atoms with Crippen molar-refractivity contribution in [3.63, 3.8) is 0 Å². The molecule has 2 fully saturated rings. The van der Waals surface area contributed by atoms with E-state index < -0.39 is 152 Å². The molecule has 2 aliphatic heterocycles. The van der Waals surface area contributed by atoms with Gasteiger partial charge in [-0.1, -0.05) is 0 Å². The molecule has 2 aliphatic rings. The molecule has 0 aromatic carbocycles. The van der Waals surface area contributed by atoms with Crippen LogP contribution in [0.4, 0.5) is 0 Å². The minimum absolute atomic E-state index is 1.95. The lowest BCUT2D eigenvalue weighted by Gasteiger charge is -2.45. The van der Waals surface area contributed by atoms with Gasteiger partial charge < -0.3 is 14.2 Å². The van der Waals surface area contributed by atoms with Gasteiger partial charge in [-0.25, -0.2) is 29.3 Å². The third-order valence-corrected chi connectivity index (χ3v) is 8.86. The molecular formula is C11H20O34S8. The third kappa shape index (κ3) is 17.0. The van der Waals surface area contributed by atoms with Crippen molar-refractivity contribution in [1.82, 2.24) is 0 Å². The molecule has 0 aromatic rings. The van der Waals surface area contributed by atoms with E-state index in [1.54, 1.807) is 0 Å². The first-order valence-corrected chi connectivity index (χ1v) is 22.3. The Morgan fingerprint density at radius 2 is 0.962 bits per heavy atom. The van der Waals surface area contributed by atoms with Gasteiger partial charge >= 0.3 is 84.2 Å². The standard InChI is InChI=1S/C11H20O34S8/c12-46(13)40-7-8(44-52(29,30)31)11(2-36-48(17,18)19,39-10(7)45-53(32,33)34)38-9-6(43-51(26,27)28)5(42-50(23,24)25)4(41-49(20,21)22)3(37-9)1-35-47(14,15)16/h3-10H,1-2H2,(H,12,13)(H,14,15,16)(H,17,18,19)(H,20,21,22)(H,23,24,25)(H,26,27,28)(H,29,30,31)(H,32,33,34)/t3-,4-,5+,6-,7+,8+,9+,10-,11-/m1/s1. The Morgan fingerprint density at radius 3 is 1.38 bits per heavy atom. The van der Waals surface area contributed by atoms with Crippen LogP contribution in [0.5, 0.6) is 0 Å². The molecule has 0 bridgehead atoms. The molecule has 316 valence electrons. The maximum Gasteiger partial charge on any atom is 0.399 e. The predicted octanol–water partition coefficient (Wildman–Crippen LogP) is -6.49. The zero-order valence-corrected chi connectivity index (χ0v) is 30.5. The SMILES string of the molecule is O=S(O)O[C@@H]1[C@@H](OS(=O)(=O)O)O[C@@](COS(=O)(=O)O)(O[C@@H]2O[C@H](COS(=O)(=O)O)[C@@H](OS(=O)(=O)O)[C@H](OS(=O)(=O)O)[C@H]2OS(=O)(=O)O)[C@H]1OS(=O)(=O)O. The summed E-state index contributed by atoms with van der Waals surface area (Å²) in [6, 6.07) is 0. The fraction of sp³-hybridized carbons (Fsp3) is 1.00. The molecule has 0 aromatic heterocycles.